The molecule has 0 bridgehead atoms. The molecule has 0 fully saturated rings. The second-order valence-corrected chi connectivity index (χ2v) is 7.60. The first kappa shape index (κ1) is 16.9. The first-order valence-corrected chi connectivity index (χ1v) is 9.83. The highest BCUT2D eigenvalue weighted by Crippen LogP contribution is 2.31. The molecule has 0 aliphatic heterocycles. The van der Waals surface area contributed by atoms with Gasteiger partial charge in [0.2, 0.25) is 0 Å². The number of para-hydroxylation sites is 3. The molecule has 6 heteroatoms. The monoisotopic (exact) mass is 393 g/mol. The predicted octanol–water partition coefficient (Wildman–Crippen LogP) is 4.36. The van der Waals surface area contributed by atoms with Crippen molar-refractivity contribution >= 4 is 33.0 Å². The van der Waals surface area contributed by atoms with E-state index in [4.69, 9.17) is 4.98 Å². The molecule has 0 saturated heterocycles. The fourth-order valence-corrected chi connectivity index (χ4v) is 4.30. The Bertz CT molecular complexity index is 1610. The summed E-state index contributed by atoms with van der Waals surface area (Å²) in [7, 11) is 3.60. The summed E-state index contributed by atoms with van der Waals surface area (Å²) in [5.74, 6) is 0.840. The van der Waals surface area contributed by atoms with Crippen LogP contribution in [-0.2, 0) is 14.1 Å². The number of aromatic amines is 1. The van der Waals surface area contributed by atoms with E-state index in [-0.39, 0.29) is 5.69 Å². The minimum Gasteiger partial charge on any atom is -0.352 e. The standard InChI is InChI=1S/C24H19N5O/c1-27-21-12-11-16(14-22(21)28(2)24(27)30)29-20-10-6-5-9-18(20)26-23(29)19-13-15-7-3-4-8-17(15)25-19/h3-14,25H,1-2H3. The molecular weight excluding hydrogens is 374 g/mol. The normalized spacial score (nSPS) is 11.8. The van der Waals surface area contributed by atoms with Crippen LogP contribution in [0.1, 0.15) is 0 Å². The highest BCUT2D eigenvalue weighted by molar-refractivity contribution is 5.89. The third-order valence-corrected chi connectivity index (χ3v) is 5.85. The van der Waals surface area contributed by atoms with Crippen LogP contribution < -0.4 is 5.69 Å². The molecule has 6 aromatic rings. The van der Waals surface area contributed by atoms with Crippen molar-refractivity contribution in [2.75, 3.05) is 0 Å². The van der Waals surface area contributed by atoms with Gasteiger partial charge in [0.15, 0.2) is 5.82 Å². The van der Waals surface area contributed by atoms with Crippen molar-refractivity contribution in [3.8, 4) is 17.2 Å². The minimum absolute atomic E-state index is 0.0338. The summed E-state index contributed by atoms with van der Waals surface area (Å²) < 4.78 is 5.50. The van der Waals surface area contributed by atoms with Gasteiger partial charge in [0.05, 0.1) is 27.8 Å². The summed E-state index contributed by atoms with van der Waals surface area (Å²) in [5, 5.41) is 1.15. The van der Waals surface area contributed by atoms with Crippen LogP contribution >= 0.6 is 0 Å². The van der Waals surface area contributed by atoms with Crippen LogP contribution in [0.25, 0.3) is 50.2 Å². The van der Waals surface area contributed by atoms with E-state index in [1.165, 1.54) is 0 Å². The van der Waals surface area contributed by atoms with Gasteiger partial charge in [-0.15, -0.1) is 0 Å². The van der Waals surface area contributed by atoms with E-state index in [0.717, 1.165) is 50.2 Å². The molecular formula is C24H19N5O. The van der Waals surface area contributed by atoms with Crippen molar-refractivity contribution in [1.82, 2.24) is 23.7 Å². The zero-order valence-corrected chi connectivity index (χ0v) is 16.6. The van der Waals surface area contributed by atoms with Gasteiger partial charge in [-0.2, -0.15) is 0 Å². The predicted molar refractivity (Wildman–Crippen MR) is 120 cm³/mol. The molecule has 0 aliphatic rings. The molecule has 0 atom stereocenters. The Balaban J connectivity index is 1.68. The Labute approximate surface area is 171 Å². The Morgan fingerprint density at radius 3 is 2.43 bits per heavy atom. The molecule has 0 unspecified atom stereocenters. The van der Waals surface area contributed by atoms with Crippen molar-refractivity contribution in [3.63, 3.8) is 0 Å². The molecule has 0 amide bonds. The topological polar surface area (TPSA) is 60.5 Å². The summed E-state index contributed by atoms with van der Waals surface area (Å²) in [5.41, 5.74) is 6.70. The number of H-pyrrole nitrogens is 1. The molecule has 1 N–H and O–H groups in total. The molecule has 3 aromatic heterocycles. The number of rotatable bonds is 2. The van der Waals surface area contributed by atoms with Gasteiger partial charge in [-0.25, -0.2) is 9.78 Å². The van der Waals surface area contributed by atoms with E-state index in [1.807, 2.05) is 42.5 Å². The average molecular weight is 393 g/mol. The van der Waals surface area contributed by atoms with E-state index in [9.17, 15) is 4.79 Å². The summed E-state index contributed by atoms with van der Waals surface area (Å²) in [6.45, 7) is 0. The fourth-order valence-electron chi connectivity index (χ4n) is 4.30. The lowest BCUT2D eigenvalue weighted by molar-refractivity contribution is 0.795. The number of aryl methyl sites for hydroxylation is 2. The number of fused-ring (bicyclic) bond motifs is 3. The van der Waals surface area contributed by atoms with E-state index in [1.54, 1.807) is 23.2 Å². The number of nitrogens with zero attached hydrogens (tertiary/aromatic N) is 4. The molecule has 6 nitrogen and oxygen atoms in total. The molecule has 146 valence electrons. The first-order valence-electron chi connectivity index (χ1n) is 9.83. The largest absolute Gasteiger partial charge is 0.352 e. The molecule has 30 heavy (non-hydrogen) atoms. The van der Waals surface area contributed by atoms with E-state index < -0.39 is 0 Å². The smallest absolute Gasteiger partial charge is 0.328 e. The zero-order valence-electron chi connectivity index (χ0n) is 16.6. The van der Waals surface area contributed by atoms with Crippen LogP contribution in [0.2, 0.25) is 0 Å². The van der Waals surface area contributed by atoms with Gasteiger partial charge < -0.3 is 4.98 Å². The molecule has 0 aliphatic carbocycles. The Hall–Kier alpha value is -4.06. The number of aromatic nitrogens is 5. The number of hydrogen-bond acceptors (Lipinski definition) is 2. The second-order valence-electron chi connectivity index (χ2n) is 7.60. The lowest BCUT2D eigenvalue weighted by Gasteiger charge is -2.09. The number of imidazole rings is 2. The lowest BCUT2D eigenvalue weighted by Crippen LogP contribution is -2.19. The van der Waals surface area contributed by atoms with Gasteiger partial charge in [-0.1, -0.05) is 30.3 Å². The number of hydrogen-bond donors (Lipinski definition) is 1. The summed E-state index contributed by atoms with van der Waals surface area (Å²) in [6.07, 6.45) is 0. The summed E-state index contributed by atoms with van der Waals surface area (Å²) >= 11 is 0. The maximum atomic E-state index is 12.4. The van der Waals surface area contributed by atoms with E-state index >= 15 is 0 Å². The molecule has 0 spiro atoms. The van der Waals surface area contributed by atoms with Crippen molar-refractivity contribution in [2.45, 2.75) is 0 Å². The zero-order chi connectivity index (χ0) is 20.4. The van der Waals surface area contributed by atoms with Crippen LogP contribution in [0.4, 0.5) is 0 Å². The highest BCUT2D eigenvalue weighted by Gasteiger charge is 2.17. The Kier molecular flexibility index (Phi) is 3.35. The van der Waals surface area contributed by atoms with Crippen LogP contribution in [-0.4, -0.2) is 23.7 Å². The van der Waals surface area contributed by atoms with Gasteiger partial charge >= 0.3 is 5.69 Å². The van der Waals surface area contributed by atoms with Crippen LogP contribution in [0, 0.1) is 0 Å². The summed E-state index contributed by atoms with van der Waals surface area (Å²) in [6, 6.07) is 24.6. The molecule has 6 rings (SSSR count). The van der Waals surface area contributed by atoms with Gasteiger partial charge in [-0.3, -0.25) is 13.7 Å². The van der Waals surface area contributed by atoms with E-state index in [0.29, 0.717) is 0 Å². The molecule has 3 aromatic carbocycles. The van der Waals surface area contributed by atoms with Crippen molar-refractivity contribution in [3.05, 3.63) is 83.3 Å². The van der Waals surface area contributed by atoms with Crippen molar-refractivity contribution in [1.29, 1.82) is 0 Å². The molecule has 3 heterocycles. The van der Waals surface area contributed by atoms with Crippen LogP contribution in [0.15, 0.2) is 77.6 Å². The van der Waals surface area contributed by atoms with Gasteiger partial charge in [-0.05, 0) is 42.5 Å². The number of nitrogens with one attached hydrogen (secondary N) is 1. The molecule has 0 saturated carbocycles. The lowest BCUT2D eigenvalue weighted by atomic mass is 10.2. The fraction of sp³-hybridized carbons (Fsp3) is 0.0833. The number of benzene rings is 3. The van der Waals surface area contributed by atoms with Gasteiger partial charge in [0.1, 0.15) is 0 Å². The van der Waals surface area contributed by atoms with E-state index in [2.05, 4.69) is 39.9 Å². The van der Waals surface area contributed by atoms with Crippen LogP contribution in [0.5, 0.6) is 0 Å². The Morgan fingerprint density at radius 1 is 0.800 bits per heavy atom. The first-order chi connectivity index (χ1) is 14.6. The highest BCUT2D eigenvalue weighted by atomic mass is 16.1. The quantitative estimate of drug-likeness (QED) is 0.475. The maximum Gasteiger partial charge on any atom is 0.328 e. The van der Waals surface area contributed by atoms with Crippen molar-refractivity contribution in [2.24, 2.45) is 14.1 Å². The van der Waals surface area contributed by atoms with Gasteiger partial charge in [0, 0.05) is 30.7 Å². The minimum atomic E-state index is -0.0338. The van der Waals surface area contributed by atoms with Crippen molar-refractivity contribution < 1.29 is 0 Å². The SMILES string of the molecule is Cn1c(=O)n(C)c2cc(-n3c(-c4cc5ccccc5[nH]4)nc4ccccc43)ccc21. The second kappa shape index (κ2) is 5.97. The third kappa shape index (κ3) is 2.24. The average Bonchev–Trinajstić information content (AvgIpc) is 3.43. The third-order valence-electron chi connectivity index (χ3n) is 5.85. The van der Waals surface area contributed by atoms with Gasteiger partial charge in [0.25, 0.3) is 0 Å². The Morgan fingerprint density at radius 2 is 1.57 bits per heavy atom. The molecule has 0 radical (unpaired) electrons. The summed E-state index contributed by atoms with van der Waals surface area (Å²) in [4.78, 5) is 20.8. The van der Waals surface area contributed by atoms with Crippen LogP contribution in [0.3, 0.4) is 0 Å². The maximum absolute atomic E-state index is 12.4.